The Bertz CT molecular complexity index is 544. The van der Waals surface area contributed by atoms with Crippen LogP contribution in [0.3, 0.4) is 0 Å². The first-order valence-electron chi connectivity index (χ1n) is 8.47. The fourth-order valence-corrected chi connectivity index (χ4v) is 2.70. The maximum atomic E-state index is 12.4. The number of primary amides is 1. The van der Waals surface area contributed by atoms with Gasteiger partial charge in [0.25, 0.3) is 5.91 Å². The second kappa shape index (κ2) is 9.39. The molecule has 1 heterocycles. The van der Waals surface area contributed by atoms with Gasteiger partial charge >= 0.3 is 0 Å². The first-order valence-corrected chi connectivity index (χ1v) is 8.47. The molecule has 1 aromatic rings. The summed E-state index contributed by atoms with van der Waals surface area (Å²) in [6.07, 6.45) is 3.67. The van der Waals surface area contributed by atoms with Gasteiger partial charge < -0.3 is 20.5 Å². The highest BCUT2D eigenvalue weighted by molar-refractivity contribution is 5.94. The van der Waals surface area contributed by atoms with Gasteiger partial charge in [-0.3, -0.25) is 9.59 Å². The summed E-state index contributed by atoms with van der Waals surface area (Å²) in [5, 5.41) is 2.93. The number of amides is 2. The molecule has 0 aromatic heterocycles. The Morgan fingerprint density at radius 2 is 2.08 bits per heavy atom. The van der Waals surface area contributed by atoms with Crippen molar-refractivity contribution in [2.24, 2.45) is 5.73 Å². The fraction of sp³-hybridized carbons (Fsp3) is 0.556. The van der Waals surface area contributed by atoms with Gasteiger partial charge in [0.2, 0.25) is 5.91 Å². The van der Waals surface area contributed by atoms with E-state index in [1.54, 1.807) is 0 Å². The van der Waals surface area contributed by atoms with E-state index in [-0.39, 0.29) is 24.7 Å². The van der Waals surface area contributed by atoms with Crippen LogP contribution in [0.25, 0.3) is 0 Å². The Hall–Kier alpha value is -1.92. The number of benzene rings is 1. The van der Waals surface area contributed by atoms with Gasteiger partial charge in [0.15, 0.2) is 0 Å². The van der Waals surface area contributed by atoms with Crippen molar-refractivity contribution in [3.63, 3.8) is 0 Å². The highest BCUT2D eigenvalue weighted by Gasteiger charge is 2.28. The summed E-state index contributed by atoms with van der Waals surface area (Å²) in [7, 11) is 0. The van der Waals surface area contributed by atoms with Crippen LogP contribution in [0.5, 0.6) is 0 Å². The second-order valence-corrected chi connectivity index (χ2v) is 6.06. The van der Waals surface area contributed by atoms with E-state index in [9.17, 15) is 9.59 Å². The van der Waals surface area contributed by atoms with Crippen LogP contribution in [0.1, 0.15) is 42.1 Å². The number of aryl methyl sites for hydroxylation is 1. The van der Waals surface area contributed by atoms with Gasteiger partial charge in [-0.2, -0.15) is 0 Å². The maximum absolute atomic E-state index is 12.4. The Morgan fingerprint density at radius 1 is 1.33 bits per heavy atom. The molecule has 1 aliphatic rings. The molecule has 0 spiro atoms. The fourth-order valence-electron chi connectivity index (χ4n) is 2.70. The predicted octanol–water partition coefficient (Wildman–Crippen LogP) is 1.42. The SMILES string of the molecule is CCCCc1ccc(C(=O)N[C@@H]2COCC[C@@H]2OCC(N)=O)cc1. The number of nitrogens with two attached hydrogens (primary N) is 1. The van der Waals surface area contributed by atoms with Crippen LogP contribution in [0.15, 0.2) is 24.3 Å². The topological polar surface area (TPSA) is 90.7 Å². The molecule has 0 aliphatic carbocycles. The lowest BCUT2D eigenvalue weighted by molar-refractivity contribution is -0.128. The van der Waals surface area contributed by atoms with Gasteiger partial charge in [-0.25, -0.2) is 0 Å². The number of hydrogen-bond acceptors (Lipinski definition) is 4. The van der Waals surface area contributed by atoms with E-state index in [0.717, 1.165) is 19.3 Å². The molecule has 1 fully saturated rings. The summed E-state index contributed by atoms with van der Waals surface area (Å²) in [6.45, 7) is 2.92. The molecule has 1 aliphatic heterocycles. The third-order valence-corrected chi connectivity index (χ3v) is 4.08. The lowest BCUT2D eigenvalue weighted by Crippen LogP contribution is -2.51. The monoisotopic (exact) mass is 334 g/mol. The number of carbonyl (C=O) groups is 2. The number of rotatable bonds is 8. The molecule has 2 rings (SSSR count). The molecule has 6 nitrogen and oxygen atoms in total. The molecule has 1 saturated heterocycles. The lowest BCUT2D eigenvalue weighted by Gasteiger charge is -2.31. The summed E-state index contributed by atoms with van der Waals surface area (Å²) in [5.41, 5.74) is 6.95. The third kappa shape index (κ3) is 5.62. The molecule has 0 radical (unpaired) electrons. The van der Waals surface area contributed by atoms with E-state index in [1.165, 1.54) is 5.56 Å². The molecule has 2 atom stereocenters. The van der Waals surface area contributed by atoms with Gasteiger partial charge in [0.1, 0.15) is 6.61 Å². The van der Waals surface area contributed by atoms with Crippen LogP contribution in [-0.2, 0) is 20.7 Å². The van der Waals surface area contributed by atoms with Gasteiger partial charge in [-0.1, -0.05) is 25.5 Å². The molecule has 1 aromatic carbocycles. The lowest BCUT2D eigenvalue weighted by atomic mass is 10.0. The molecular formula is C18H26N2O4. The Morgan fingerprint density at radius 3 is 2.75 bits per heavy atom. The normalized spacial score (nSPS) is 20.5. The minimum absolute atomic E-state index is 0.150. The van der Waals surface area contributed by atoms with Crippen LogP contribution >= 0.6 is 0 Å². The van der Waals surface area contributed by atoms with Crippen LogP contribution < -0.4 is 11.1 Å². The number of unbranched alkanes of at least 4 members (excludes halogenated alkanes) is 1. The quantitative estimate of drug-likeness (QED) is 0.752. The zero-order valence-electron chi connectivity index (χ0n) is 14.1. The van der Waals surface area contributed by atoms with Gasteiger partial charge in [-0.05, 0) is 37.0 Å². The van der Waals surface area contributed by atoms with Crippen molar-refractivity contribution < 1.29 is 19.1 Å². The summed E-state index contributed by atoms with van der Waals surface area (Å²) in [6, 6.07) is 7.36. The summed E-state index contributed by atoms with van der Waals surface area (Å²) in [5.74, 6) is -0.686. The smallest absolute Gasteiger partial charge is 0.251 e. The average Bonchev–Trinajstić information content (AvgIpc) is 2.59. The molecule has 0 unspecified atom stereocenters. The van der Waals surface area contributed by atoms with Crippen molar-refractivity contribution >= 4 is 11.8 Å². The number of carbonyl (C=O) groups excluding carboxylic acids is 2. The van der Waals surface area contributed by atoms with E-state index in [1.807, 2.05) is 24.3 Å². The summed E-state index contributed by atoms with van der Waals surface area (Å²) in [4.78, 5) is 23.3. The first-order chi connectivity index (χ1) is 11.6. The molecule has 6 heteroatoms. The zero-order valence-corrected chi connectivity index (χ0v) is 14.1. The molecule has 0 bridgehead atoms. The number of ether oxygens (including phenoxy) is 2. The molecule has 2 amide bonds. The maximum Gasteiger partial charge on any atom is 0.251 e. The average molecular weight is 334 g/mol. The molecule has 3 N–H and O–H groups in total. The minimum Gasteiger partial charge on any atom is -0.379 e. The minimum atomic E-state index is -0.519. The van der Waals surface area contributed by atoms with Crippen molar-refractivity contribution in [1.82, 2.24) is 5.32 Å². The van der Waals surface area contributed by atoms with Gasteiger partial charge in [0, 0.05) is 12.2 Å². The van der Waals surface area contributed by atoms with Crippen molar-refractivity contribution in [2.75, 3.05) is 19.8 Å². The first kappa shape index (κ1) is 18.4. The van der Waals surface area contributed by atoms with Crippen LogP contribution in [0.4, 0.5) is 0 Å². The standard InChI is InChI=1S/C18H26N2O4/c1-2-3-4-13-5-7-14(8-6-13)18(22)20-15-11-23-10-9-16(15)24-12-17(19)21/h5-8,15-16H,2-4,9-12H2,1H3,(H2,19,21)(H,20,22)/t15-,16+/m1/s1. The van der Waals surface area contributed by atoms with Gasteiger partial charge in [0.05, 0.1) is 18.8 Å². The number of nitrogens with one attached hydrogen (secondary N) is 1. The highest BCUT2D eigenvalue weighted by atomic mass is 16.5. The largest absolute Gasteiger partial charge is 0.379 e. The van der Waals surface area contributed by atoms with Gasteiger partial charge in [-0.15, -0.1) is 0 Å². The second-order valence-electron chi connectivity index (χ2n) is 6.06. The van der Waals surface area contributed by atoms with E-state index >= 15 is 0 Å². The molecular weight excluding hydrogens is 308 g/mol. The van der Waals surface area contributed by atoms with Crippen molar-refractivity contribution in [3.05, 3.63) is 35.4 Å². The molecule has 24 heavy (non-hydrogen) atoms. The molecule has 0 saturated carbocycles. The highest BCUT2D eigenvalue weighted by Crippen LogP contribution is 2.13. The van der Waals surface area contributed by atoms with Crippen LogP contribution in [0.2, 0.25) is 0 Å². The van der Waals surface area contributed by atoms with Crippen molar-refractivity contribution in [2.45, 2.75) is 44.8 Å². The zero-order chi connectivity index (χ0) is 17.4. The van der Waals surface area contributed by atoms with E-state index in [0.29, 0.717) is 25.2 Å². The molecule has 132 valence electrons. The summed E-state index contributed by atoms with van der Waals surface area (Å²) >= 11 is 0. The Balaban J connectivity index is 1.92. The third-order valence-electron chi connectivity index (χ3n) is 4.08. The van der Waals surface area contributed by atoms with Crippen molar-refractivity contribution in [1.29, 1.82) is 0 Å². The number of hydrogen-bond donors (Lipinski definition) is 2. The Kier molecular flexibility index (Phi) is 7.21. The van der Waals surface area contributed by atoms with Crippen LogP contribution in [0, 0.1) is 0 Å². The predicted molar refractivity (Wildman–Crippen MR) is 90.7 cm³/mol. The van der Waals surface area contributed by atoms with Crippen LogP contribution in [-0.4, -0.2) is 43.8 Å². The summed E-state index contributed by atoms with van der Waals surface area (Å²) < 4.78 is 10.9. The van der Waals surface area contributed by atoms with Crippen molar-refractivity contribution in [3.8, 4) is 0 Å². The van der Waals surface area contributed by atoms with E-state index < -0.39 is 5.91 Å². The van der Waals surface area contributed by atoms with E-state index in [4.69, 9.17) is 15.2 Å². The Labute approximate surface area is 142 Å². The van der Waals surface area contributed by atoms with E-state index in [2.05, 4.69) is 12.2 Å².